The first-order valence-electron chi connectivity index (χ1n) is 8.33. The Morgan fingerprint density at radius 2 is 1.43 bits per heavy atom. The highest BCUT2D eigenvalue weighted by Crippen LogP contribution is 2.47. The van der Waals surface area contributed by atoms with E-state index in [1.807, 2.05) is 0 Å². The Morgan fingerprint density at radius 1 is 0.905 bits per heavy atom. The van der Waals surface area contributed by atoms with E-state index in [9.17, 15) is 12.9 Å². The molecule has 0 radical (unpaired) electrons. The lowest BCUT2D eigenvalue weighted by Gasteiger charge is -2.40. The summed E-state index contributed by atoms with van der Waals surface area (Å²) in [5, 5.41) is 0. The predicted molar refractivity (Wildman–Crippen MR) is 84.6 cm³/mol. The maximum atomic E-state index is 12.6. The Balaban J connectivity index is 1.60. The van der Waals surface area contributed by atoms with Gasteiger partial charge in [-0.2, -0.15) is 0 Å². The van der Waals surface area contributed by atoms with Crippen molar-refractivity contribution in [2.75, 3.05) is 0 Å². The molecular formula is C16H22B2F3-. The van der Waals surface area contributed by atoms with Crippen LogP contribution in [0.25, 0.3) is 0 Å². The Bertz CT molecular complexity index is 447. The van der Waals surface area contributed by atoms with Gasteiger partial charge in [-0.25, -0.2) is 0 Å². The van der Waals surface area contributed by atoms with Gasteiger partial charge in [-0.3, -0.25) is 0 Å². The van der Waals surface area contributed by atoms with Crippen molar-refractivity contribution >= 4 is 19.2 Å². The summed E-state index contributed by atoms with van der Waals surface area (Å²) in [4.78, 5) is 0. The second kappa shape index (κ2) is 6.10. The summed E-state index contributed by atoms with van der Waals surface area (Å²) < 4.78 is 37.8. The van der Waals surface area contributed by atoms with E-state index in [1.165, 1.54) is 50.7 Å². The van der Waals surface area contributed by atoms with Crippen LogP contribution in [0.5, 0.6) is 0 Å². The number of hydrogen-bond donors (Lipinski definition) is 0. The first-order valence-corrected chi connectivity index (χ1v) is 8.33. The molecule has 2 aliphatic heterocycles. The van der Waals surface area contributed by atoms with Gasteiger partial charge in [-0.1, -0.05) is 80.7 Å². The molecule has 0 saturated carbocycles. The standard InChI is InChI=1S/C16H22B2F3/c19-18(20,21)16-9-7-13(8-10-16)11-12-17-14-3-1-4-15(17)6-2-5-14/h7-10,14-15H,1-6,11-12H2/q-1. The molecule has 0 spiro atoms. The first-order chi connectivity index (χ1) is 10.0. The average molecular weight is 293 g/mol. The Hall–Kier alpha value is -0.860. The zero-order valence-corrected chi connectivity index (χ0v) is 12.4. The van der Waals surface area contributed by atoms with Gasteiger partial charge in [-0.05, 0) is 12.0 Å². The smallest absolute Gasteiger partial charge is 0.445 e. The maximum Gasteiger partial charge on any atom is 0.509 e. The molecule has 0 aliphatic carbocycles. The Morgan fingerprint density at radius 3 is 1.90 bits per heavy atom. The molecule has 2 aliphatic rings. The molecule has 0 unspecified atom stereocenters. The number of halogens is 3. The lowest BCUT2D eigenvalue weighted by molar-refractivity contribution is 0.441. The van der Waals surface area contributed by atoms with Gasteiger partial charge >= 0.3 is 6.98 Å². The molecule has 0 nitrogen and oxygen atoms in total. The average Bonchev–Trinajstić information content (AvgIpc) is 2.44. The lowest BCUT2D eigenvalue weighted by Crippen LogP contribution is -2.35. The van der Waals surface area contributed by atoms with Gasteiger partial charge in [0.25, 0.3) is 0 Å². The summed E-state index contributed by atoms with van der Waals surface area (Å²) in [7, 11) is 0. The molecule has 2 fully saturated rings. The van der Waals surface area contributed by atoms with Crippen LogP contribution >= 0.6 is 0 Å². The number of benzene rings is 1. The minimum absolute atomic E-state index is 0.478. The quantitative estimate of drug-likeness (QED) is 0.693. The van der Waals surface area contributed by atoms with Gasteiger partial charge in [0, 0.05) is 0 Å². The molecule has 5 heteroatoms. The van der Waals surface area contributed by atoms with E-state index in [0.717, 1.165) is 36.7 Å². The van der Waals surface area contributed by atoms with Crippen molar-refractivity contribution in [3.05, 3.63) is 29.8 Å². The van der Waals surface area contributed by atoms with Crippen LogP contribution in [0.15, 0.2) is 24.3 Å². The molecule has 1 aromatic carbocycles. The van der Waals surface area contributed by atoms with E-state index in [1.54, 1.807) is 12.1 Å². The van der Waals surface area contributed by atoms with Crippen molar-refractivity contribution in [2.45, 2.75) is 62.9 Å². The van der Waals surface area contributed by atoms with Crippen molar-refractivity contribution in [3.8, 4) is 0 Å². The van der Waals surface area contributed by atoms with Gasteiger partial charge in [0.05, 0.1) is 0 Å². The summed E-state index contributed by atoms with van der Waals surface area (Å²) in [6, 6.07) is 5.83. The van der Waals surface area contributed by atoms with Gasteiger partial charge in [-0.15, -0.1) is 5.46 Å². The van der Waals surface area contributed by atoms with E-state index < -0.39 is 12.4 Å². The summed E-state index contributed by atoms with van der Waals surface area (Å²) in [5.41, 5.74) is 0.579. The second-order valence-corrected chi connectivity index (χ2v) is 6.90. The third-order valence-electron chi connectivity index (χ3n) is 5.63. The predicted octanol–water partition coefficient (Wildman–Crippen LogP) is 4.89. The largest absolute Gasteiger partial charge is 0.509 e. The van der Waals surface area contributed by atoms with Crippen molar-refractivity contribution in [2.24, 2.45) is 0 Å². The van der Waals surface area contributed by atoms with E-state index in [4.69, 9.17) is 0 Å². The molecule has 0 N–H and O–H groups in total. The van der Waals surface area contributed by atoms with Gasteiger partial charge in [0.15, 0.2) is 0 Å². The zero-order valence-electron chi connectivity index (χ0n) is 12.4. The monoisotopic (exact) mass is 293 g/mol. The Labute approximate surface area is 125 Å². The molecule has 1 aromatic rings. The summed E-state index contributed by atoms with van der Waals surface area (Å²) >= 11 is 0. The van der Waals surface area contributed by atoms with E-state index in [-0.39, 0.29) is 0 Å². The number of aryl methyl sites for hydroxylation is 1. The molecule has 2 bridgehead atoms. The van der Waals surface area contributed by atoms with Crippen molar-refractivity contribution in [1.82, 2.24) is 0 Å². The van der Waals surface area contributed by atoms with Crippen LogP contribution < -0.4 is 5.46 Å². The first kappa shape index (κ1) is 15.1. The summed E-state index contributed by atoms with van der Waals surface area (Å²) in [6.45, 7) is -4.04. The van der Waals surface area contributed by atoms with Gasteiger partial charge < -0.3 is 12.9 Å². The van der Waals surface area contributed by atoms with Crippen molar-refractivity contribution < 1.29 is 12.9 Å². The fraction of sp³-hybridized carbons (Fsp3) is 0.625. The van der Waals surface area contributed by atoms with Crippen LogP contribution in [-0.2, 0) is 6.42 Å². The second-order valence-electron chi connectivity index (χ2n) is 6.90. The zero-order chi connectivity index (χ0) is 14.9. The summed E-state index contributed by atoms with van der Waals surface area (Å²) in [5.74, 6) is 1.77. The van der Waals surface area contributed by atoms with E-state index >= 15 is 0 Å². The highest BCUT2D eigenvalue weighted by molar-refractivity contribution is 6.73. The minimum Gasteiger partial charge on any atom is -0.445 e. The van der Waals surface area contributed by atoms with Gasteiger partial charge in [0.2, 0.25) is 0 Å². The number of fused-ring (bicyclic) bond motifs is 2. The maximum absolute atomic E-state index is 12.6. The van der Waals surface area contributed by atoms with Crippen molar-refractivity contribution in [1.29, 1.82) is 0 Å². The third-order valence-corrected chi connectivity index (χ3v) is 5.63. The van der Waals surface area contributed by atoms with E-state index in [0.29, 0.717) is 0 Å². The topological polar surface area (TPSA) is 0 Å². The molecule has 3 rings (SSSR count). The van der Waals surface area contributed by atoms with Crippen molar-refractivity contribution in [3.63, 3.8) is 0 Å². The van der Waals surface area contributed by atoms with Crippen LogP contribution in [0.2, 0.25) is 18.0 Å². The molecule has 21 heavy (non-hydrogen) atoms. The molecule has 2 heterocycles. The third kappa shape index (κ3) is 3.49. The highest BCUT2D eigenvalue weighted by Gasteiger charge is 2.38. The molecule has 0 aromatic heterocycles. The molecule has 2 saturated heterocycles. The molecular weight excluding hydrogens is 271 g/mol. The van der Waals surface area contributed by atoms with Crippen LogP contribution in [0.1, 0.15) is 44.1 Å². The molecule has 114 valence electrons. The Kier molecular flexibility index (Phi) is 4.37. The SMILES string of the molecule is F[B-](F)(F)c1ccc(CCB2C3CCCC2CCC3)cc1. The van der Waals surface area contributed by atoms with Crippen LogP contribution in [0, 0.1) is 0 Å². The van der Waals surface area contributed by atoms with Crippen LogP contribution in [-0.4, -0.2) is 13.7 Å². The molecule has 0 atom stereocenters. The normalized spacial score (nSPS) is 26.0. The number of rotatable bonds is 4. The van der Waals surface area contributed by atoms with Crippen LogP contribution in [0.3, 0.4) is 0 Å². The minimum atomic E-state index is -4.86. The fourth-order valence-electron chi connectivity index (χ4n) is 4.52. The summed E-state index contributed by atoms with van der Waals surface area (Å²) in [6.07, 6.45) is 10.3. The highest BCUT2D eigenvalue weighted by atomic mass is 19.4. The lowest BCUT2D eigenvalue weighted by atomic mass is 9.25. The van der Waals surface area contributed by atoms with E-state index in [2.05, 4.69) is 0 Å². The van der Waals surface area contributed by atoms with Crippen LogP contribution in [0.4, 0.5) is 12.9 Å². The van der Waals surface area contributed by atoms with Gasteiger partial charge in [0.1, 0.15) is 6.71 Å². The molecule has 0 amide bonds. The number of hydrogen-bond acceptors (Lipinski definition) is 0. The fourth-order valence-corrected chi connectivity index (χ4v) is 4.52.